The summed E-state index contributed by atoms with van der Waals surface area (Å²) in [5, 5.41) is 8.13. The molecule has 1 saturated heterocycles. The van der Waals surface area contributed by atoms with Crippen molar-refractivity contribution >= 4 is 0 Å². The van der Waals surface area contributed by atoms with Crippen LogP contribution in [0.2, 0.25) is 0 Å². The van der Waals surface area contributed by atoms with Crippen molar-refractivity contribution in [1.29, 1.82) is 0 Å². The van der Waals surface area contributed by atoms with Crippen LogP contribution in [-0.2, 0) is 13.1 Å². The Balaban J connectivity index is 1.32. The molecule has 1 aliphatic heterocycles. The molecule has 9 nitrogen and oxygen atoms in total. The van der Waals surface area contributed by atoms with Gasteiger partial charge in [-0.3, -0.25) is 19.6 Å². The second-order valence-electron chi connectivity index (χ2n) is 6.47. The van der Waals surface area contributed by atoms with Crippen LogP contribution in [0, 0.1) is 0 Å². The molecule has 0 aromatic carbocycles. The Kier molecular flexibility index (Phi) is 5.31. The highest BCUT2D eigenvalue weighted by atomic mass is 16.5. The lowest BCUT2D eigenvalue weighted by Gasteiger charge is -2.33. The summed E-state index contributed by atoms with van der Waals surface area (Å²) in [5.41, 5.74) is 1.57. The first-order valence-electron chi connectivity index (χ1n) is 8.97. The first kappa shape index (κ1) is 17.5. The van der Waals surface area contributed by atoms with E-state index in [1.54, 1.807) is 24.5 Å². The molecular formula is C18H21N7O2. The van der Waals surface area contributed by atoms with Crippen LogP contribution in [0.25, 0.3) is 11.3 Å². The molecule has 0 amide bonds. The molecule has 4 heterocycles. The first-order valence-corrected chi connectivity index (χ1v) is 8.97. The van der Waals surface area contributed by atoms with E-state index < -0.39 is 0 Å². The monoisotopic (exact) mass is 367 g/mol. The summed E-state index contributed by atoms with van der Waals surface area (Å²) in [5.74, 6) is 0.645. The van der Waals surface area contributed by atoms with E-state index in [0.29, 0.717) is 19.0 Å². The van der Waals surface area contributed by atoms with Gasteiger partial charge in [0.05, 0.1) is 18.8 Å². The third-order valence-corrected chi connectivity index (χ3v) is 4.68. The Hall–Kier alpha value is -2.91. The van der Waals surface area contributed by atoms with E-state index in [2.05, 4.69) is 30.0 Å². The van der Waals surface area contributed by atoms with Crippen molar-refractivity contribution in [2.24, 2.45) is 0 Å². The molecule has 0 atom stereocenters. The molecule has 0 radical (unpaired) electrons. The molecule has 27 heavy (non-hydrogen) atoms. The van der Waals surface area contributed by atoms with Gasteiger partial charge in [0, 0.05) is 56.7 Å². The maximum Gasteiger partial charge on any atom is 0.266 e. The predicted octanol–water partition coefficient (Wildman–Crippen LogP) is 0.506. The van der Waals surface area contributed by atoms with Gasteiger partial charge in [-0.1, -0.05) is 5.16 Å². The molecule has 1 aliphatic rings. The fraction of sp³-hybridized carbons (Fsp3) is 0.389. The van der Waals surface area contributed by atoms with Crippen LogP contribution in [-0.4, -0.2) is 67.4 Å². The Bertz CT molecular complexity index is 903. The molecule has 140 valence electrons. The fourth-order valence-corrected chi connectivity index (χ4v) is 3.14. The minimum atomic E-state index is -0.0855. The smallest absolute Gasteiger partial charge is 0.266 e. The van der Waals surface area contributed by atoms with Crippen molar-refractivity contribution in [3.63, 3.8) is 0 Å². The highest BCUT2D eigenvalue weighted by molar-refractivity contribution is 5.56. The molecule has 0 N–H and O–H groups in total. The molecule has 4 rings (SSSR count). The summed E-state index contributed by atoms with van der Waals surface area (Å²) in [4.78, 5) is 24.9. The van der Waals surface area contributed by atoms with Crippen molar-refractivity contribution in [2.45, 2.75) is 13.1 Å². The fourth-order valence-electron chi connectivity index (χ4n) is 3.14. The zero-order valence-electron chi connectivity index (χ0n) is 14.9. The van der Waals surface area contributed by atoms with E-state index in [0.717, 1.165) is 44.0 Å². The van der Waals surface area contributed by atoms with Gasteiger partial charge in [-0.05, 0) is 18.2 Å². The topological polar surface area (TPSA) is 93.2 Å². The molecule has 3 aromatic heterocycles. The molecule has 3 aromatic rings. The molecule has 0 saturated carbocycles. The van der Waals surface area contributed by atoms with Crippen LogP contribution in [0.5, 0.6) is 0 Å². The van der Waals surface area contributed by atoms with Crippen LogP contribution in [0.4, 0.5) is 0 Å². The molecular weight excluding hydrogens is 346 g/mol. The van der Waals surface area contributed by atoms with Gasteiger partial charge in [-0.25, -0.2) is 4.68 Å². The highest BCUT2D eigenvalue weighted by Gasteiger charge is 2.18. The average molecular weight is 367 g/mol. The lowest BCUT2D eigenvalue weighted by atomic mass is 10.2. The number of hydrogen-bond acceptors (Lipinski definition) is 8. The molecule has 0 bridgehead atoms. The Labute approximate surface area is 156 Å². The number of nitrogens with zero attached hydrogens (tertiary/aromatic N) is 7. The van der Waals surface area contributed by atoms with E-state index >= 15 is 0 Å². The normalized spacial score (nSPS) is 15.9. The van der Waals surface area contributed by atoms with E-state index in [1.165, 1.54) is 11.0 Å². The van der Waals surface area contributed by atoms with Gasteiger partial charge < -0.3 is 4.52 Å². The van der Waals surface area contributed by atoms with Crippen molar-refractivity contribution in [1.82, 2.24) is 34.7 Å². The quantitative estimate of drug-likeness (QED) is 0.622. The van der Waals surface area contributed by atoms with Crippen LogP contribution >= 0.6 is 0 Å². The van der Waals surface area contributed by atoms with E-state index in [-0.39, 0.29) is 5.56 Å². The van der Waals surface area contributed by atoms with Crippen molar-refractivity contribution in [3.8, 4) is 11.3 Å². The summed E-state index contributed by atoms with van der Waals surface area (Å²) in [6.45, 7) is 5.77. The average Bonchev–Trinajstić information content (AvgIpc) is 3.22. The third kappa shape index (κ3) is 4.44. The van der Waals surface area contributed by atoms with Gasteiger partial charge in [0.1, 0.15) is 0 Å². The predicted molar refractivity (Wildman–Crippen MR) is 97.7 cm³/mol. The summed E-state index contributed by atoms with van der Waals surface area (Å²) in [6.07, 6.45) is 4.90. The van der Waals surface area contributed by atoms with Crippen LogP contribution in [0.3, 0.4) is 0 Å². The van der Waals surface area contributed by atoms with Gasteiger partial charge in [-0.15, -0.1) is 0 Å². The molecule has 9 heteroatoms. The largest absolute Gasteiger partial charge is 0.338 e. The number of hydrogen-bond donors (Lipinski definition) is 0. The zero-order valence-corrected chi connectivity index (χ0v) is 14.9. The maximum atomic E-state index is 12.1. The van der Waals surface area contributed by atoms with Crippen LogP contribution < -0.4 is 5.56 Å². The van der Waals surface area contributed by atoms with E-state index in [9.17, 15) is 4.79 Å². The number of pyridine rings is 1. The second-order valence-corrected chi connectivity index (χ2v) is 6.47. The van der Waals surface area contributed by atoms with Gasteiger partial charge in [0.2, 0.25) is 5.89 Å². The van der Waals surface area contributed by atoms with Gasteiger partial charge in [-0.2, -0.15) is 10.1 Å². The third-order valence-electron chi connectivity index (χ3n) is 4.68. The molecule has 0 aliphatic carbocycles. The van der Waals surface area contributed by atoms with Crippen LogP contribution in [0.1, 0.15) is 5.89 Å². The number of rotatable bonds is 6. The standard InChI is InChI=1S/C18H21N7O2/c26-18-4-3-16(15-2-1-5-19-12-15)22-25(18)11-10-23-6-8-24(9-7-23)13-17-20-14-21-27-17/h1-5,12,14H,6-11,13H2. The minimum absolute atomic E-state index is 0.0855. The first-order chi connectivity index (χ1) is 13.3. The van der Waals surface area contributed by atoms with Crippen molar-refractivity contribution in [2.75, 3.05) is 32.7 Å². The van der Waals surface area contributed by atoms with Crippen molar-refractivity contribution in [3.05, 3.63) is 59.2 Å². The Morgan fingerprint density at radius 3 is 2.63 bits per heavy atom. The summed E-state index contributed by atoms with van der Waals surface area (Å²) in [6, 6.07) is 7.11. The van der Waals surface area contributed by atoms with E-state index in [4.69, 9.17) is 4.52 Å². The van der Waals surface area contributed by atoms with Crippen molar-refractivity contribution < 1.29 is 4.52 Å². The number of aromatic nitrogens is 5. The zero-order chi connectivity index (χ0) is 18.5. The molecule has 1 fully saturated rings. The van der Waals surface area contributed by atoms with E-state index in [1.807, 2.05) is 12.1 Å². The number of piperazine rings is 1. The van der Waals surface area contributed by atoms with Gasteiger partial charge >= 0.3 is 0 Å². The van der Waals surface area contributed by atoms with Gasteiger partial charge in [0.25, 0.3) is 5.56 Å². The lowest BCUT2D eigenvalue weighted by Crippen LogP contribution is -2.47. The van der Waals surface area contributed by atoms with Crippen LogP contribution in [0.15, 0.2) is 52.3 Å². The summed E-state index contributed by atoms with van der Waals surface area (Å²) in [7, 11) is 0. The molecule has 0 unspecified atom stereocenters. The van der Waals surface area contributed by atoms with Gasteiger partial charge in [0.15, 0.2) is 6.33 Å². The lowest BCUT2D eigenvalue weighted by molar-refractivity contribution is 0.113. The maximum absolute atomic E-state index is 12.1. The summed E-state index contributed by atoms with van der Waals surface area (Å²) >= 11 is 0. The Morgan fingerprint density at radius 2 is 1.89 bits per heavy atom. The Morgan fingerprint density at radius 1 is 1.04 bits per heavy atom. The highest BCUT2D eigenvalue weighted by Crippen LogP contribution is 2.12. The summed E-state index contributed by atoms with van der Waals surface area (Å²) < 4.78 is 6.60. The second kappa shape index (κ2) is 8.19. The molecule has 0 spiro atoms. The SMILES string of the molecule is O=c1ccc(-c2cccnc2)nn1CCN1CCN(Cc2ncno2)CC1. The minimum Gasteiger partial charge on any atom is -0.338 e.